The van der Waals surface area contributed by atoms with Gasteiger partial charge in [-0.05, 0) is 19.1 Å². The van der Waals surface area contributed by atoms with Gasteiger partial charge in [-0.1, -0.05) is 18.5 Å². The molecular weight excluding hydrogens is 308 g/mol. The highest BCUT2D eigenvalue weighted by Gasteiger charge is 2.14. The van der Waals surface area contributed by atoms with E-state index < -0.39 is 0 Å². The number of fused-ring (bicyclic) bond motifs is 1. The molecule has 0 fully saturated rings. The Labute approximate surface area is 130 Å². The van der Waals surface area contributed by atoms with Gasteiger partial charge in [0.25, 0.3) is 0 Å². The molecule has 3 aromatic rings. The van der Waals surface area contributed by atoms with Crippen LogP contribution in [0.1, 0.15) is 18.3 Å². The summed E-state index contributed by atoms with van der Waals surface area (Å²) in [4.78, 5) is 8.71. The maximum absolute atomic E-state index is 6.28. The molecule has 0 radical (unpaired) electrons. The van der Waals surface area contributed by atoms with Crippen LogP contribution in [0, 0.1) is 6.92 Å². The third-order valence-corrected chi connectivity index (χ3v) is 4.02. The van der Waals surface area contributed by atoms with Gasteiger partial charge in [0.1, 0.15) is 28.5 Å². The van der Waals surface area contributed by atoms with Crippen molar-refractivity contribution in [1.29, 1.82) is 0 Å². The Hall–Kier alpha value is -1.99. The number of hydrogen-bond acceptors (Lipinski definition) is 7. The number of nitrogens with two attached hydrogens (primary N) is 1. The zero-order chi connectivity index (χ0) is 15.0. The fourth-order valence-corrected chi connectivity index (χ4v) is 2.67. The highest BCUT2D eigenvalue weighted by molar-refractivity contribution is 7.00. The van der Waals surface area contributed by atoms with Crippen molar-refractivity contribution in [3.8, 4) is 0 Å². The lowest BCUT2D eigenvalue weighted by Gasteiger charge is -2.12. The molecule has 108 valence electrons. The highest BCUT2D eigenvalue weighted by Crippen LogP contribution is 2.33. The molecule has 6 nitrogen and oxygen atoms in total. The van der Waals surface area contributed by atoms with E-state index in [9.17, 15) is 0 Å². The van der Waals surface area contributed by atoms with E-state index in [1.165, 1.54) is 0 Å². The molecule has 1 aromatic carbocycles. The summed E-state index contributed by atoms with van der Waals surface area (Å²) in [5.74, 6) is 1.78. The van der Waals surface area contributed by atoms with Gasteiger partial charge in [-0.15, -0.1) is 0 Å². The lowest BCUT2D eigenvalue weighted by atomic mass is 10.2. The predicted molar refractivity (Wildman–Crippen MR) is 86.3 cm³/mol. The van der Waals surface area contributed by atoms with E-state index in [1.54, 1.807) is 6.07 Å². The summed E-state index contributed by atoms with van der Waals surface area (Å²) in [6.07, 6.45) is 0.704. The Morgan fingerprint density at radius 1 is 1.29 bits per heavy atom. The Kier molecular flexibility index (Phi) is 3.60. The van der Waals surface area contributed by atoms with Gasteiger partial charge in [0.15, 0.2) is 0 Å². The van der Waals surface area contributed by atoms with Crippen LogP contribution >= 0.6 is 23.3 Å². The molecule has 2 heterocycles. The van der Waals surface area contributed by atoms with Crippen molar-refractivity contribution in [3.63, 3.8) is 0 Å². The number of aryl methyl sites for hydroxylation is 1. The molecule has 3 rings (SSSR count). The van der Waals surface area contributed by atoms with Gasteiger partial charge in [0.2, 0.25) is 0 Å². The molecule has 0 aliphatic rings. The summed E-state index contributed by atoms with van der Waals surface area (Å²) in [5.41, 5.74) is 8.92. The van der Waals surface area contributed by atoms with Crippen LogP contribution in [0.15, 0.2) is 12.1 Å². The fraction of sp³-hybridized carbons (Fsp3) is 0.231. The number of hydrogen-bond donors (Lipinski definition) is 2. The molecule has 0 saturated heterocycles. The van der Waals surface area contributed by atoms with Gasteiger partial charge in [0.05, 0.1) is 22.4 Å². The van der Waals surface area contributed by atoms with Crippen molar-refractivity contribution >= 4 is 51.7 Å². The van der Waals surface area contributed by atoms with E-state index in [4.69, 9.17) is 17.3 Å². The molecule has 8 heteroatoms. The largest absolute Gasteiger partial charge is 0.383 e. The first-order chi connectivity index (χ1) is 10.1. The molecule has 0 aliphatic carbocycles. The summed E-state index contributed by atoms with van der Waals surface area (Å²) in [6, 6.07) is 3.62. The first-order valence-corrected chi connectivity index (χ1v) is 7.51. The van der Waals surface area contributed by atoms with Gasteiger partial charge in [-0.2, -0.15) is 8.75 Å². The zero-order valence-electron chi connectivity index (χ0n) is 11.5. The summed E-state index contributed by atoms with van der Waals surface area (Å²) in [6.45, 7) is 3.84. The van der Waals surface area contributed by atoms with Crippen LogP contribution in [0.4, 0.5) is 17.3 Å². The van der Waals surface area contributed by atoms with E-state index in [0.717, 1.165) is 28.3 Å². The van der Waals surface area contributed by atoms with Crippen molar-refractivity contribution in [2.75, 3.05) is 11.1 Å². The minimum absolute atomic E-state index is 0.462. The smallest absolute Gasteiger partial charge is 0.139 e. The van der Waals surface area contributed by atoms with E-state index in [2.05, 4.69) is 24.0 Å². The minimum Gasteiger partial charge on any atom is -0.383 e. The number of anilines is 3. The monoisotopic (exact) mass is 320 g/mol. The van der Waals surface area contributed by atoms with Crippen LogP contribution in [0.2, 0.25) is 5.02 Å². The minimum atomic E-state index is 0.462. The Bertz CT molecular complexity index is 816. The van der Waals surface area contributed by atoms with E-state index in [0.29, 0.717) is 34.6 Å². The van der Waals surface area contributed by atoms with E-state index in [-0.39, 0.29) is 0 Å². The number of nitrogen functional groups attached to an aromatic ring is 1. The van der Waals surface area contributed by atoms with Crippen LogP contribution in [0.3, 0.4) is 0 Å². The second-order valence-corrected chi connectivity index (χ2v) is 5.47. The molecule has 2 aromatic heterocycles. The standard InChI is InChI=1S/C13H13ClN6S/c1-3-9-16-12(15)6(2)13(17-9)18-10-7(14)4-5-8-11(10)20-21-19-8/h4-5H,3H2,1-2H3,(H3,15,16,17,18). The summed E-state index contributed by atoms with van der Waals surface area (Å²) in [5, 5.41) is 3.79. The molecule has 0 saturated carbocycles. The second kappa shape index (κ2) is 5.42. The van der Waals surface area contributed by atoms with Crippen LogP contribution in [0.25, 0.3) is 11.0 Å². The van der Waals surface area contributed by atoms with Crippen LogP contribution in [-0.2, 0) is 6.42 Å². The van der Waals surface area contributed by atoms with Gasteiger partial charge in [0, 0.05) is 12.0 Å². The number of aromatic nitrogens is 4. The van der Waals surface area contributed by atoms with Crippen LogP contribution < -0.4 is 11.1 Å². The van der Waals surface area contributed by atoms with Crippen molar-refractivity contribution in [2.45, 2.75) is 20.3 Å². The molecule has 0 unspecified atom stereocenters. The predicted octanol–water partition coefficient (Wildman–Crippen LogP) is 3.33. The maximum atomic E-state index is 6.28. The van der Waals surface area contributed by atoms with Gasteiger partial charge >= 0.3 is 0 Å². The molecule has 0 bridgehead atoms. The third-order valence-electron chi connectivity index (χ3n) is 3.17. The van der Waals surface area contributed by atoms with Gasteiger partial charge < -0.3 is 11.1 Å². The number of nitrogens with one attached hydrogen (secondary N) is 1. The average molecular weight is 321 g/mol. The SMILES string of the molecule is CCc1nc(N)c(C)c(Nc2c(Cl)ccc3nsnc23)n1. The van der Waals surface area contributed by atoms with E-state index in [1.807, 2.05) is 19.9 Å². The number of rotatable bonds is 3. The summed E-state index contributed by atoms with van der Waals surface area (Å²) >= 11 is 7.42. The maximum Gasteiger partial charge on any atom is 0.139 e. The molecular formula is C13H13ClN6S. The zero-order valence-corrected chi connectivity index (χ0v) is 13.1. The van der Waals surface area contributed by atoms with Crippen molar-refractivity contribution in [3.05, 3.63) is 28.5 Å². The summed E-state index contributed by atoms with van der Waals surface area (Å²) in [7, 11) is 0. The Morgan fingerprint density at radius 2 is 2.10 bits per heavy atom. The Morgan fingerprint density at radius 3 is 2.86 bits per heavy atom. The average Bonchev–Trinajstić information content (AvgIpc) is 2.94. The number of nitrogens with zero attached hydrogens (tertiary/aromatic N) is 4. The normalized spacial score (nSPS) is 11.0. The van der Waals surface area contributed by atoms with Crippen LogP contribution in [0.5, 0.6) is 0 Å². The van der Waals surface area contributed by atoms with Crippen molar-refractivity contribution in [2.24, 2.45) is 0 Å². The van der Waals surface area contributed by atoms with Gasteiger partial charge in [-0.3, -0.25) is 0 Å². The first kappa shape index (κ1) is 14.0. The van der Waals surface area contributed by atoms with Crippen LogP contribution in [-0.4, -0.2) is 18.7 Å². The lowest BCUT2D eigenvalue weighted by molar-refractivity contribution is 0.940. The first-order valence-electron chi connectivity index (χ1n) is 6.41. The fourth-order valence-electron chi connectivity index (χ4n) is 1.93. The second-order valence-electron chi connectivity index (χ2n) is 4.53. The molecule has 3 N–H and O–H groups in total. The molecule has 0 atom stereocenters. The Balaban J connectivity index is 2.12. The topological polar surface area (TPSA) is 89.6 Å². The number of halogens is 1. The third kappa shape index (κ3) is 2.50. The van der Waals surface area contributed by atoms with Gasteiger partial charge in [-0.25, -0.2) is 9.97 Å². The van der Waals surface area contributed by atoms with E-state index >= 15 is 0 Å². The van der Waals surface area contributed by atoms with Crippen molar-refractivity contribution < 1.29 is 0 Å². The lowest BCUT2D eigenvalue weighted by Crippen LogP contribution is -2.07. The molecule has 0 aliphatic heterocycles. The van der Waals surface area contributed by atoms with Crippen molar-refractivity contribution in [1.82, 2.24) is 18.7 Å². The number of benzene rings is 1. The molecule has 0 spiro atoms. The highest BCUT2D eigenvalue weighted by atomic mass is 35.5. The summed E-state index contributed by atoms with van der Waals surface area (Å²) < 4.78 is 8.49. The molecule has 0 amide bonds. The molecule has 21 heavy (non-hydrogen) atoms. The quantitative estimate of drug-likeness (QED) is 0.769.